The van der Waals surface area contributed by atoms with Crippen LogP contribution in [-0.2, 0) is 32.6 Å². The molecule has 3 heterocycles. The van der Waals surface area contributed by atoms with E-state index in [2.05, 4.69) is 13.8 Å². The standard InChI is InChI=1S/C26H32N2O4S/c1-15(2)11-17-12-18-16(13-20(17)29)8-9-28-19(23(30)32-25(3,4)5)14-26(22(18)28,24(27)31)21-7-6-10-33-21/h6-7,10,12-15,22,29H,8-9,11H2,1-5H3,(H2,27,31). The average Bonchev–Trinajstić information content (AvgIpc) is 3.33. The number of fused-ring (bicyclic) bond motifs is 3. The van der Waals surface area contributed by atoms with Gasteiger partial charge in [-0.05, 0) is 85.9 Å². The molecule has 1 aromatic heterocycles. The van der Waals surface area contributed by atoms with Crippen molar-refractivity contribution < 1.29 is 19.4 Å². The number of benzene rings is 1. The summed E-state index contributed by atoms with van der Waals surface area (Å²) in [6.45, 7) is 10.2. The maximum absolute atomic E-state index is 13.3. The summed E-state index contributed by atoms with van der Waals surface area (Å²) in [6.07, 6.45) is 3.06. The number of hydrogen-bond acceptors (Lipinski definition) is 6. The molecular weight excluding hydrogens is 436 g/mol. The highest BCUT2D eigenvalue weighted by Gasteiger charge is 2.57. The highest BCUT2D eigenvalue weighted by atomic mass is 32.1. The second-order valence-corrected chi connectivity index (χ2v) is 11.3. The van der Waals surface area contributed by atoms with Crippen LogP contribution in [0, 0.1) is 5.92 Å². The summed E-state index contributed by atoms with van der Waals surface area (Å²) in [5.41, 5.74) is 7.35. The largest absolute Gasteiger partial charge is 0.508 e. The van der Waals surface area contributed by atoms with Crippen molar-refractivity contribution in [3.8, 4) is 5.75 Å². The number of esters is 1. The van der Waals surface area contributed by atoms with E-state index in [1.807, 2.05) is 55.3 Å². The minimum Gasteiger partial charge on any atom is -0.508 e. The van der Waals surface area contributed by atoms with E-state index >= 15 is 0 Å². The van der Waals surface area contributed by atoms with Gasteiger partial charge in [0.05, 0.1) is 6.04 Å². The van der Waals surface area contributed by atoms with E-state index in [0.717, 1.165) is 21.6 Å². The highest BCUT2D eigenvalue weighted by Crippen LogP contribution is 2.54. The van der Waals surface area contributed by atoms with Crippen molar-refractivity contribution in [2.24, 2.45) is 11.7 Å². The first-order valence-corrected chi connectivity index (χ1v) is 12.2. The molecule has 7 heteroatoms. The molecule has 2 aliphatic rings. The molecule has 0 fully saturated rings. The van der Waals surface area contributed by atoms with Crippen molar-refractivity contribution in [3.63, 3.8) is 0 Å². The summed E-state index contributed by atoms with van der Waals surface area (Å²) in [6, 6.07) is 7.12. The topological polar surface area (TPSA) is 92.9 Å². The van der Waals surface area contributed by atoms with Gasteiger partial charge in [-0.2, -0.15) is 0 Å². The van der Waals surface area contributed by atoms with Crippen LogP contribution in [0.25, 0.3) is 0 Å². The van der Waals surface area contributed by atoms with Gasteiger partial charge >= 0.3 is 5.97 Å². The molecule has 0 saturated heterocycles. The molecule has 176 valence electrons. The summed E-state index contributed by atoms with van der Waals surface area (Å²) in [4.78, 5) is 29.2. The van der Waals surface area contributed by atoms with E-state index in [9.17, 15) is 14.7 Å². The minimum absolute atomic E-state index is 0.273. The summed E-state index contributed by atoms with van der Waals surface area (Å²) in [7, 11) is 0. The van der Waals surface area contributed by atoms with Crippen LogP contribution in [0.5, 0.6) is 5.75 Å². The lowest BCUT2D eigenvalue weighted by Crippen LogP contribution is -2.48. The molecule has 1 amide bonds. The zero-order valence-corrected chi connectivity index (χ0v) is 20.7. The number of nitrogens with zero attached hydrogens (tertiary/aromatic N) is 1. The van der Waals surface area contributed by atoms with Crippen LogP contribution in [0.15, 0.2) is 41.4 Å². The van der Waals surface area contributed by atoms with E-state index in [0.29, 0.717) is 31.0 Å². The Morgan fingerprint density at radius 2 is 2.06 bits per heavy atom. The van der Waals surface area contributed by atoms with Crippen LogP contribution in [0.3, 0.4) is 0 Å². The Kier molecular flexibility index (Phi) is 5.81. The fourth-order valence-electron chi connectivity index (χ4n) is 4.99. The number of rotatable bonds is 5. The lowest BCUT2D eigenvalue weighted by molar-refractivity contribution is -0.152. The van der Waals surface area contributed by atoms with E-state index in [-0.39, 0.29) is 5.75 Å². The zero-order chi connectivity index (χ0) is 24.1. The van der Waals surface area contributed by atoms with E-state index < -0.39 is 28.9 Å². The number of primary amides is 1. The van der Waals surface area contributed by atoms with Gasteiger partial charge in [-0.15, -0.1) is 11.3 Å². The van der Waals surface area contributed by atoms with Crippen LogP contribution < -0.4 is 5.73 Å². The molecule has 4 rings (SSSR count). The molecule has 2 atom stereocenters. The van der Waals surface area contributed by atoms with Crippen LogP contribution in [0.4, 0.5) is 0 Å². The third-order valence-corrected chi connectivity index (χ3v) is 7.27. The number of nitrogens with two attached hydrogens (primary N) is 1. The van der Waals surface area contributed by atoms with Gasteiger partial charge in [0.25, 0.3) is 0 Å². The molecule has 0 aliphatic carbocycles. The molecule has 0 saturated carbocycles. The minimum atomic E-state index is -1.21. The fraction of sp³-hybridized carbons (Fsp3) is 0.462. The molecule has 2 unspecified atom stereocenters. The molecule has 2 aromatic rings. The third kappa shape index (κ3) is 4.03. The number of phenols is 1. The van der Waals surface area contributed by atoms with Crippen molar-refractivity contribution in [2.45, 2.75) is 64.5 Å². The number of ether oxygens (including phenoxy) is 1. The Labute approximate surface area is 199 Å². The average molecular weight is 469 g/mol. The highest BCUT2D eigenvalue weighted by molar-refractivity contribution is 7.10. The van der Waals surface area contributed by atoms with Crippen LogP contribution >= 0.6 is 11.3 Å². The summed E-state index contributed by atoms with van der Waals surface area (Å²) >= 11 is 1.45. The van der Waals surface area contributed by atoms with Crippen molar-refractivity contribution in [1.82, 2.24) is 4.90 Å². The number of aromatic hydroxyl groups is 1. The van der Waals surface area contributed by atoms with E-state index in [1.165, 1.54) is 11.3 Å². The van der Waals surface area contributed by atoms with Crippen molar-refractivity contribution >= 4 is 23.2 Å². The number of carbonyl (C=O) groups excluding carboxylic acids is 2. The molecule has 1 aromatic carbocycles. The molecule has 6 nitrogen and oxygen atoms in total. The maximum atomic E-state index is 13.3. The molecule has 0 radical (unpaired) electrons. The summed E-state index contributed by atoms with van der Waals surface area (Å²) < 4.78 is 5.71. The normalized spacial score (nSPS) is 22.1. The van der Waals surface area contributed by atoms with Gasteiger partial charge in [-0.1, -0.05) is 19.9 Å². The smallest absolute Gasteiger partial charge is 0.354 e. The summed E-state index contributed by atoms with van der Waals surface area (Å²) in [5.74, 6) is -0.345. The first-order valence-electron chi connectivity index (χ1n) is 11.4. The molecule has 2 aliphatic heterocycles. The Bertz CT molecular complexity index is 1110. The number of hydrogen-bond donors (Lipinski definition) is 2. The monoisotopic (exact) mass is 468 g/mol. The zero-order valence-electron chi connectivity index (χ0n) is 19.8. The number of carbonyl (C=O) groups is 2. The van der Waals surface area contributed by atoms with Gasteiger partial charge in [0, 0.05) is 11.4 Å². The maximum Gasteiger partial charge on any atom is 0.354 e. The van der Waals surface area contributed by atoms with Gasteiger partial charge < -0.3 is 20.5 Å². The Morgan fingerprint density at radius 3 is 2.64 bits per heavy atom. The third-order valence-electron chi connectivity index (χ3n) is 6.25. The van der Waals surface area contributed by atoms with Gasteiger partial charge in [0.2, 0.25) is 5.91 Å². The second kappa shape index (κ2) is 8.20. The first kappa shape index (κ1) is 23.4. The number of amides is 1. The molecular formula is C26H32N2O4S. The quantitative estimate of drug-likeness (QED) is 0.641. The molecule has 33 heavy (non-hydrogen) atoms. The van der Waals surface area contributed by atoms with Gasteiger partial charge in [-0.25, -0.2) is 4.79 Å². The lowest BCUT2D eigenvalue weighted by Gasteiger charge is -2.42. The van der Waals surface area contributed by atoms with Crippen molar-refractivity contribution in [3.05, 3.63) is 63.0 Å². The first-order chi connectivity index (χ1) is 15.4. The van der Waals surface area contributed by atoms with Gasteiger partial charge in [0.15, 0.2) is 0 Å². The Hall–Kier alpha value is -2.80. The molecule has 3 N–H and O–H groups in total. The van der Waals surface area contributed by atoms with Crippen LogP contribution in [-0.4, -0.2) is 34.0 Å². The SMILES string of the molecule is CC(C)Cc1cc2c(cc1O)CCN1C(C(=O)OC(C)(C)C)=CC(C(N)=O)(c3cccs3)C21. The Morgan fingerprint density at radius 1 is 1.33 bits per heavy atom. The predicted molar refractivity (Wildman–Crippen MR) is 129 cm³/mol. The Balaban J connectivity index is 1.93. The molecule has 0 spiro atoms. The molecule has 0 bridgehead atoms. The van der Waals surface area contributed by atoms with Gasteiger partial charge in [0.1, 0.15) is 22.5 Å². The van der Waals surface area contributed by atoms with Crippen molar-refractivity contribution in [1.29, 1.82) is 0 Å². The summed E-state index contributed by atoms with van der Waals surface area (Å²) in [5, 5.41) is 12.6. The van der Waals surface area contributed by atoms with Crippen LogP contribution in [0.1, 0.15) is 62.2 Å². The number of thiophene rings is 1. The van der Waals surface area contributed by atoms with E-state index in [4.69, 9.17) is 10.5 Å². The van der Waals surface area contributed by atoms with Gasteiger partial charge in [-0.3, -0.25) is 4.79 Å². The van der Waals surface area contributed by atoms with Crippen LogP contribution in [0.2, 0.25) is 0 Å². The van der Waals surface area contributed by atoms with Crippen molar-refractivity contribution in [2.75, 3.05) is 6.54 Å². The number of phenolic OH excluding ortho intramolecular Hbond substituents is 1. The van der Waals surface area contributed by atoms with E-state index in [1.54, 1.807) is 6.08 Å². The lowest BCUT2D eigenvalue weighted by atomic mass is 9.73. The fourth-order valence-corrected chi connectivity index (χ4v) is 5.92. The second-order valence-electron chi connectivity index (χ2n) is 10.4. The predicted octanol–water partition coefficient (Wildman–Crippen LogP) is 4.21.